The Morgan fingerprint density at radius 1 is 1.09 bits per heavy atom. The van der Waals surface area contributed by atoms with E-state index in [0.717, 1.165) is 10.8 Å². The predicted molar refractivity (Wildman–Crippen MR) is 91.9 cm³/mol. The standard InChI is InChI=1S/C17H22NO4P/c1-12(2)23(20,18-13(3)17(19)21-4)22-16-11-7-9-14-8-5-6-10-15(14)16/h5-13H,1-4H3,(H,18,20)/t13-,23?/m0/s1. The van der Waals surface area contributed by atoms with E-state index in [-0.39, 0.29) is 5.66 Å². The smallest absolute Gasteiger partial charge is 0.323 e. The summed E-state index contributed by atoms with van der Waals surface area (Å²) >= 11 is 0. The van der Waals surface area contributed by atoms with E-state index < -0.39 is 19.5 Å². The van der Waals surface area contributed by atoms with Crippen molar-refractivity contribution in [2.24, 2.45) is 0 Å². The number of nitrogens with one attached hydrogen (secondary N) is 1. The molecule has 2 rings (SSSR count). The summed E-state index contributed by atoms with van der Waals surface area (Å²) in [5, 5.41) is 4.69. The first-order valence-electron chi connectivity index (χ1n) is 7.50. The van der Waals surface area contributed by atoms with Gasteiger partial charge in [-0.05, 0) is 18.4 Å². The first-order valence-corrected chi connectivity index (χ1v) is 9.19. The maximum Gasteiger partial charge on any atom is 0.323 e. The van der Waals surface area contributed by atoms with Crippen LogP contribution in [0.1, 0.15) is 20.8 Å². The van der Waals surface area contributed by atoms with Crippen molar-refractivity contribution >= 4 is 24.3 Å². The number of rotatable bonds is 6. The van der Waals surface area contributed by atoms with Crippen LogP contribution in [0.15, 0.2) is 42.5 Å². The fraction of sp³-hybridized carbons (Fsp3) is 0.353. The molecule has 0 aromatic heterocycles. The lowest BCUT2D eigenvalue weighted by Gasteiger charge is -2.26. The highest BCUT2D eigenvalue weighted by Gasteiger charge is 2.33. The zero-order valence-corrected chi connectivity index (χ0v) is 14.7. The van der Waals surface area contributed by atoms with Crippen molar-refractivity contribution in [2.45, 2.75) is 32.5 Å². The second-order valence-electron chi connectivity index (χ2n) is 5.63. The number of hydrogen-bond donors (Lipinski definition) is 1. The summed E-state index contributed by atoms with van der Waals surface area (Å²) in [6, 6.07) is 12.6. The van der Waals surface area contributed by atoms with Crippen LogP contribution in [0.3, 0.4) is 0 Å². The topological polar surface area (TPSA) is 64.6 Å². The second-order valence-corrected chi connectivity index (χ2v) is 8.30. The van der Waals surface area contributed by atoms with Gasteiger partial charge in [-0.1, -0.05) is 50.2 Å². The first-order chi connectivity index (χ1) is 10.9. The molecule has 0 bridgehead atoms. The largest absolute Gasteiger partial charge is 0.468 e. The third-order valence-electron chi connectivity index (χ3n) is 3.59. The minimum atomic E-state index is -3.29. The molecule has 0 aliphatic rings. The minimum absolute atomic E-state index is 0.298. The van der Waals surface area contributed by atoms with E-state index in [1.807, 2.05) is 36.4 Å². The Kier molecular flexibility index (Phi) is 5.45. The van der Waals surface area contributed by atoms with Crippen molar-refractivity contribution in [2.75, 3.05) is 7.11 Å². The molecule has 0 fully saturated rings. The van der Waals surface area contributed by atoms with E-state index in [1.165, 1.54) is 7.11 Å². The second kappa shape index (κ2) is 7.16. The number of hydrogen-bond acceptors (Lipinski definition) is 4. The van der Waals surface area contributed by atoms with Gasteiger partial charge < -0.3 is 9.26 Å². The minimum Gasteiger partial charge on any atom is -0.468 e. The molecule has 1 unspecified atom stereocenters. The number of carbonyl (C=O) groups excluding carboxylic acids is 1. The number of fused-ring (bicyclic) bond motifs is 1. The molecule has 2 atom stereocenters. The molecule has 124 valence electrons. The van der Waals surface area contributed by atoms with Gasteiger partial charge in [0, 0.05) is 5.39 Å². The molecule has 0 amide bonds. The van der Waals surface area contributed by atoms with Gasteiger partial charge in [-0.15, -0.1) is 0 Å². The Hall–Kier alpha value is -1.84. The summed E-state index contributed by atoms with van der Waals surface area (Å²) in [6.07, 6.45) is 0. The summed E-state index contributed by atoms with van der Waals surface area (Å²) in [7, 11) is -1.99. The molecule has 5 nitrogen and oxygen atoms in total. The van der Waals surface area contributed by atoms with Crippen molar-refractivity contribution in [1.82, 2.24) is 5.09 Å². The Morgan fingerprint density at radius 3 is 2.39 bits per heavy atom. The molecule has 0 saturated heterocycles. The van der Waals surface area contributed by atoms with Gasteiger partial charge in [-0.3, -0.25) is 9.36 Å². The summed E-state index contributed by atoms with van der Waals surface area (Å²) in [4.78, 5) is 11.6. The maximum atomic E-state index is 13.2. The number of methoxy groups -OCH3 is 1. The molecule has 0 heterocycles. The van der Waals surface area contributed by atoms with E-state index >= 15 is 0 Å². The average Bonchev–Trinajstić information content (AvgIpc) is 2.54. The zero-order valence-electron chi connectivity index (χ0n) is 13.8. The van der Waals surface area contributed by atoms with Crippen LogP contribution >= 0.6 is 7.52 Å². The Balaban J connectivity index is 2.35. The predicted octanol–water partition coefficient (Wildman–Crippen LogP) is 3.97. The maximum absolute atomic E-state index is 13.2. The molecular weight excluding hydrogens is 313 g/mol. The normalized spacial score (nSPS) is 15.2. The molecule has 1 N–H and O–H groups in total. The monoisotopic (exact) mass is 335 g/mol. The van der Waals surface area contributed by atoms with Gasteiger partial charge in [0.15, 0.2) is 0 Å². The lowest BCUT2D eigenvalue weighted by atomic mass is 10.1. The highest BCUT2D eigenvalue weighted by molar-refractivity contribution is 7.58. The van der Waals surface area contributed by atoms with Gasteiger partial charge in [0.25, 0.3) is 0 Å². The van der Waals surface area contributed by atoms with Gasteiger partial charge in [0.05, 0.1) is 12.8 Å². The summed E-state index contributed by atoms with van der Waals surface area (Å²) in [5.74, 6) is 0.0529. The van der Waals surface area contributed by atoms with Crippen LogP contribution in [0.25, 0.3) is 10.8 Å². The number of ether oxygens (including phenoxy) is 1. The van der Waals surface area contributed by atoms with Crippen LogP contribution in [0, 0.1) is 0 Å². The van der Waals surface area contributed by atoms with Crippen LogP contribution < -0.4 is 9.61 Å². The fourth-order valence-corrected chi connectivity index (χ4v) is 3.86. The lowest BCUT2D eigenvalue weighted by molar-refractivity contribution is -0.142. The molecule has 2 aromatic rings. The van der Waals surface area contributed by atoms with Gasteiger partial charge in [0.1, 0.15) is 11.8 Å². The van der Waals surface area contributed by atoms with E-state index in [4.69, 9.17) is 4.52 Å². The Morgan fingerprint density at radius 2 is 1.74 bits per heavy atom. The van der Waals surface area contributed by atoms with Crippen LogP contribution in [0.4, 0.5) is 0 Å². The molecule has 0 saturated carbocycles. The van der Waals surface area contributed by atoms with Crippen molar-refractivity contribution in [3.63, 3.8) is 0 Å². The highest BCUT2D eigenvalue weighted by Crippen LogP contribution is 2.49. The zero-order chi connectivity index (χ0) is 17.0. The van der Waals surface area contributed by atoms with Gasteiger partial charge >= 0.3 is 13.5 Å². The Labute approximate surface area is 136 Å². The summed E-state index contributed by atoms with van der Waals surface area (Å²) in [6.45, 7) is 5.19. The van der Waals surface area contributed by atoms with Gasteiger partial charge in [-0.2, -0.15) is 0 Å². The lowest BCUT2D eigenvalue weighted by Crippen LogP contribution is -2.36. The molecule has 0 spiro atoms. The molecule has 0 aliphatic carbocycles. The molecule has 23 heavy (non-hydrogen) atoms. The van der Waals surface area contributed by atoms with Crippen LogP contribution in [-0.2, 0) is 14.1 Å². The van der Waals surface area contributed by atoms with E-state index in [2.05, 4.69) is 9.82 Å². The summed E-state index contributed by atoms with van der Waals surface area (Å²) < 4.78 is 23.8. The van der Waals surface area contributed by atoms with Gasteiger partial charge in [-0.25, -0.2) is 5.09 Å². The van der Waals surface area contributed by atoms with E-state index in [0.29, 0.717) is 5.75 Å². The van der Waals surface area contributed by atoms with Crippen molar-refractivity contribution < 1.29 is 18.6 Å². The molecule has 2 aromatic carbocycles. The van der Waals surface area contributed by atoms with Crippen LogP contribution in [0.2, 0.25) is 0 Å². The molecule has 0 radical (unpaired) electrons. The van der Waals surface area contributed by atoms with Crippen molar-refractivity contribution in [3.8, 4) is 5.75 Å². The first kappa shape index (κ1) is 17.5. The average molecular weight is 335 g/mol. The molecule has 6 heteroatoms. The SMILES string of the molecule is COC(=O)[C@H](C)NP(=O)(Oc1cccc2ccccc12)C(C)C. The number of benzene rings is 2. The molecular formula is C17H22NO4P. The Bertz CT molecular complexity index is 739. The third kappa shape index (κ3) is 3.92. The number of esters is 1. The van der Waals surface area contributed by atoms with Crippen molar-refractivity contribution in [3.05, 3.63) is 42.5 Å². The van der Waals surface area contributed by atoms with E-state index in [1.54, 1.807) is 26.8 Å². The number of carbonyl (C=O) groups is 1. The third-order valence-corrected chi connectivity index (χ3v) is 6.17. The van der Waals surface area contributed by atoms with Crippen molar-refractivity contribution in [1.29, 1.82) is 0 Å². The summed E-state index contributed by atoms with van der Waals surface area (Å²) in [5.41, 5.74) is -0.298. The molecule has 0 aliphatic heterocycles. The fourth-order valence-electron chi connectivity index (χ4n) is 2.20. The van der Waals surface area contributed by atoms with Crippen LogP contribution in [0.5, 0.6) is 5.75 Å². The van der Waals surface area contributed by atoms with Gasteiger partial charge in [0.2, 0.25) is 0 Å². The quantitative estimate of drug-likeness (QED) is 0.639. The van der Waals surface area contributed by atoms with E-state index in [9.17, 15) is 9.36 Å². The highest BCUT2D eigenvalue weighted by atomic mass is 31.2. The van der Waals surface area contributed by atoms with Crippen LogP contribution in [-0.4, -0.2) is 24.8 Å².